The number of hydrogen-bond acceptors (Lipinski definition) is 7. The molecule has 2 unspecified atom stereocenters. The predicted molar refractivity (Wildman–Crippen MR) is 45.0 cm³/mol. The lowest BCUT2D eigenvalue weighted by Gasteiger charge is -2.17. The summed E-state index contributed by atoms with van der Waals surface area (Å²) >= 11 is 0. The molecule has 0 aromatic rings. The highest BCUT2D eigenvalue weighted by Crippen LogP contribution is 2.33. The van der Waals surface area contributed by atoms with Gasteiger partial charge in [-0.15, -0.1) is 0 Å². The second kappa shape index (κ2) is 4.69. The van der Waals surface area contributed by atoms with Crippen molar-refractivity contribution in [1.82, 2.24) is 0 Å². The Kier molecular flexibility index (Phi) is 4.52. The van der Waals surface area contributed by atoms with E-state index in [9.17, 15) is 9.36 Å². The van der Waals surface area contributed by atoms with E-state index in [1.807, 2.05) is 0 Å². The van der Waals surface area contributed by atoms with Crippen LogP contribution in [-0.2, 0) is 13.9 Å². The van der Waals surface area contributed by atoms with Gasteiger partial charge in [0, 0.05) is 0 Å². The molecule has 0 spiro atoms. The van der Waals surface area contributed by atoms with Gasteiger partial charge in [0.15, 0.2) is 5.47 Å². The Hall–Kier alpha value is -0.460. The zero-order valence-corrected chi connectivity index (χ0v) is 8.06. The Bertz CT molecular complexity index is 213. The van der Waals surface area contributed by atoms with E-state index in [1.54, 1.807) is 0 Å². The number of nitrogens with two attached hydrogens (primary N) is 2. The molecule has 0 saturated carbocycles. The van der Waals surface area contributed by atoms with Crippen LogP contribution in [0.4, 0.5) is 0 Å². The third-order valence-corrected chi connectivity index (χ3v) is 2.32. The van der Waals surface area contributed by atoms with Crippen LogP contribution in [-0.4, -0.2) is 34.3 Å². The van der Waals surface area contributed by atoms with E-state index < -0.39 is 32.1 Å². The van der Waals surface area contributed by atoms with Crippen molar-refractivity contribution in [2.24, 2.45) is 11.5 Å². The second-order valence-electron chi connectivity index (χ2n) is 2.65. The minimum atomic E-state index is -3.12. The number of hydrogen-bond donors (Lipinski definition) is 4. The average molecular weight is 212 g/mol. The minimum absolute atomic E-state index is 0.624. The molecule has 0 aliphatic rings. The van der Waals surface area contributed by atoms with Crippen molar-refractivity contribution >= 4 is 14.0 Å². The zero-order valence-electron chi connectivity index (χ0n) is 7.06. The molecule has 7 nitrogen and oxygen atoms in total. The van der Waals surface area contributed by atoms with E-state index in [2.05, 4.69) is 4.52 Å². The molecular formula is C5H13N2O5P. The fourth-order valence-corrected chi connectivity index (χ4v) is 0.886. The van der Waals surface area contributed by atoms with Crippen LogP contribution >= 0.6 is 8.03 Å². The summed E-state index contributed by atoms with van der Waals surface area (Å²) < 4.78 is 15.1. The Morgan fingerprint density at radius 1 is 1.77 bits per heavy atom. The lowest BCUT2D eigenvalue weighted by Crippen LogP contribution is -2.37. The Labute approximate surface area is 75.5 Å². The molecule has 78 valence electrons. The molecule has 0 fully saturated rings. The fourth-order valence-electron chi connectivity index (χ4n) is 0.345. The maximum absolute atomic E-state index is 10.9. The van der Waals surface area contributed by atoms with Crippen LogP contribution in [0.1, 0.15) is 6.92 Å². The molecule has 0 aliphatic heterocycles. The van der Waals surface area contributed by atoms with Crippen molar-refractivity contribution in [1.29, 1.82) is 0 Å². The summed E-state index contributed by atoms with van der Waals surface area (Å²) in [6.45, 7) is 0.409. The molecule has 3 atom stereocenters. The van der Waals surface area contributed by atoms with Crippen LogP contribution in [0.15, 0.2) is 0 Å². The highest BCUT2D eigenvalue weighted by molar-refractivity contribution is 7.41. The van der Waals surface area contributed by atoms with Crippen molar-refractivity contribution in [3.05, 3.63) is 0 Å². The third-order valence-electron chi connectivity index (χ3n) is 1.11. The molecule has 0 aliphatic carbocycles. The van der Waals surface area contributed by atoms with Crippen molar-refractivity contribution < 1.29 is 24.1 Å². The fraction of sp³-hybridized carbons (Fsp3) is 0.800. The zero-order chi connectivity index (χ0) is 10.6. The Morgan fingerprint density at radius 2 is 2.23 bits per heavy atom. The van der Waals surface area contributed by atoms with Crippen molar-refractivity contribution in [2.75, 3.05) is 6.61 Å². The van der Waals surface area contributed by atoms with Gasteiger partial charge in [-0.3, -0.25) is 10.3 Å². The topological polar surface area (TPSA) is 136 Å². The summed E-state index contributed by atoms with van der Waals surface area (Å²) in [5, 5.41) is 17.3. The molecule has 0 bridgehead atoms. The lowest BCUT2D eigenvalue weighted by molar-refractivity contribution is -0.136. The smallest absolute Gasteiger partial charge is 0.330 e. The monoisotopic (exact) mass is 212 g/mol. The van der Waals surface area contributed by atoms with E-state index >= 15 is 0 Å². The maximum Gasteiger partial charge on any atom is 0.330 e. The third kappa shape index (κ3) is 4.35. The van der Waals surface area contributed by atoms with Crippen molar-refractivity contribution in [3.63, 3.8) is 0 Å². The summed E-state index contributed by atoms with van der Waals surface area (Å²) in [5.74, 6) is -1.06. The molecule has 13 heavy (non-hydrogen) atoms. The molecule has 6 N–H and O–H groups in total. The molecule has 8 heteroatoms. The van der Waals surface area contributed by atoms with Gasteiger partial charge < -0.3 is 20.5 Å². The SMILES string of the molecule is CC(N)(O)[PH](=O)OC(=O)[C@@H](N)CO. The number of aliphatic hydroxyl groups excluding tert-OH is 1. The first kappa shape index (κ1) is 12.5. The summed E-state index contributed by atoms with van der Waals surface area (Å²) in [6.07, 6.45) is 0. The summed E-state index contributed by atoms with van der Waals surface area (Å²) in [7, 11) is -3.12. The second-order valence-corrected chi connectivity index (χ2v) is 4.44. The van der Waals surface area contributed by atoms with Crippen LogP contribution in [0.5, 0.6) is 0 Å². The Balaban J connectivity index is 4.16. The first-order valence-corrected chi connectivity index (χ1v) is 4.74. The normalized spacial score (nSPS) is 20.1. The molecule has 0 saturated heterocycles. The summed E-state index contributed by atoms with van der Waals surface area (Å²) in [4.78, 5) is 10.8. The van der Waals surface area contributed by atoms with Crippen LogP contribution in [0.25, 0.3) is 0 Å². The molecular weight excluding hydrogens is 199 g/mol. The largest absolute Gasteiger partial charge is 0.409 e. The van der Waals surface area contributed by atoms with E-state index in [-0.39, 0.29) is 0 Å². The molecule has 0 aromatic heterocycles. The standard InChI is InChI=1S/C5H13N2O5P/c1-5(7,10)13(11)12-4(9)3(6)2-8/h3,8,10,13H,2,6-7H2,1H3/t3-,5?/m0/s1. The van der Waals surface area contributed by atoms with Gasteiger partial charge in [0.2, 0.25) is 0 Å². The highest BCUT2D eigenvalue weighted by atomic mass is 31.1. The minimum Gasteiger partial charge on any atom is -0.409 e. The molecule has 0 heterocycles. The van der Waals surface area contributed by atoms with Gasteiger partial charge in [0.1, 0.15) is 6.04 Å². The first-order chi connectivity index (χ1) is 5.79. The molecule has 0 aromatic carbocycles. The molecule has 0 radical (unpaired) electrons. The van der Waals surface area contributed by atoms with E-state index in [0.717, 1.165) is 6.92 Å². The van der Waals surface area contributed by atoms with Crippen LogP contribution < -0.4 is 11.5 Å². The van der Waals surface area contributed by atoms with E-state index in [4.69, 9.17) is 21.7 Å². The lowest BCUT2D eigenvalue weighted by atomic mass is 10.3. The predicted octanol–water partition coefficient (Wildman–Crippen LogP) is -2.05. The van der Waals surface area contributed by atoms with Gasteiger partial charge in [0.05, 0.1) is 6.61 Å². The number of aliphatic hydroxyl groups is 2. The summed E-state index contributed by atoms with van der Waals surface area (Å²) in [6, 6.07) is -1.27. The first-order valence-electron chi connectivity index (χ1n) is 3.43. The van der Waals surface area contributed by atoms with Crippen LogP contribution in [0.2, 0.25) is 0 Å². The maximum atomic E-state index is 10.9. The summed E-state index contributed by atoms with van der Waals surface area (Å²) in [5.41, 5.74) is 7.96. The van der Waals surface area contributed by atoms with E-state index in [0.29, 0.717) is 0 Å². The average Bonchev–Trinajstić information content (AvgIpc) is 2.01. The van der Waals surface area contributed by atoms with Gasteiger partial charge in [-0.1, -0.05) is 0 Å². The Morgan fingerprint density at radius 3 is 2.54 bits per heavy atom. The van der Waals surface area contributed by atoms with Crippen LogP contribution in [0.3, 0.4) is 0 Å². The van der Waals surface area contributed by atoms with Crippen molar-refractivity contribution in [2.45, 2.75) is 18.4 Å². The van der Waals surface area contributed by atoms with Gasteiger partial charge >= 0.3 is 5.97 Å². The van der Waals surface area contributed by atoms with Gasteiger partial charge in [-0.2, -0.15) is 0 Å². The van der Waals surface area contributed by atoms with Crippen LogP contribution in [0, 0.1) is 0 Å². The molecule has 0 rings (SSSR count). The molecule has 0 amide bonds. The van der Waals surface area contributed by atoms with Crippen molar-refractivity contribution in [3.8, 4) is 0 Å². The van der Waals surface area contributed by atoms with E-state index in [1.165, 1.54) is 0 Å². The number of carbonyl (C=O) groups excluding carboxylic acids is 1. The highest BCUT2D eigenvalue weighted by Gasteiger charge is 2.28. The van der Waals surface area contributed by atoms with Gasteiger partial charge in [-0.25, -0.2) is 4.79 Å². The number of rotatable bonds is 4. The quantitative estimate of drug-likeness (QED) is 0.311. The van der Waals surface area contributed by atoms with Gasteiger partial charge in [0.25, 0.3) is 8.03 Å². The number of carbonyl (C=O) groups is 1. The van der Waals surface area contributed by atoms with Gasteiger partial charge in [-0.05, 0) is 6.92 Å².